The Balaban J connectivity index is 1.77. The van der Waals surface area contributed by atoms with Crippen molar-refractivity contribution in [3.05, 3.63) is 50.4 Å². The lowest BCUT2D eigenvalue weighted by Crippen LogP contribution is -2.01. The Bertz CT molecular complexity index is 659. The molecule has 0 amide bonds. The SMILES string of the molecule is Cc1cc(Br)ccc1NCc1cc(Br)c2c(c1)OCO2. The number of halogens is 2. The number of fused-ring (bicyclic) bond motifs is 1. The highest BCUT2D eigenvalue weighted by Gasteiger charge is 2.17. The van der Waals surface area contributed by atoms with Gasteiger partial charge in [-0.2, -0.15) is 0 Å². The zero-order chi connectivity index (χ0) is 14.1. The van der Waals surface area contributed by atoms with Crippen molar-refractivity contribution in [1.82, 2.24) is 0 Å². The molecule has 1 heterocycles. The molecule has 1 N–H and O–H groups in total. The maximum absolute atomic E-state index is 5.43. The van der Waals surface area contributed by atoms with Crippen molar-refractivity contribution < 1.29 is 9.47 Å². The fourth-order valence-corrected chi connectivity index (χ4v) is 3.22. The van der Waals surface area contributed by atoms with Crippen LogP contribution in [0.15, 0.2) is 39.3 Å². The van der Waals surface area contributed by atoms with Crippen molar-refractivity contribution >= 4 is 37.5 Å². The number of nitrogens with one attached hydrogen (secondary N) is 1. The van der Waals surface area contributed by atoms with Gasteiger partial charge in [-0.3, -0.25) is 0 Å². The summed E-state index contributed by atoms with van der Waals surface area (Å²) in [7, 11) is 0. The van der Waals surface area contributed by atoms with Gasteiger partial charge in [0.25, 0.3) is 0 Å². The van der Waals surface area contributed by atoms with E-state index >= 15 is 0 Å². The summed E-state index contributed by atoms with van der Waals surface area (Å²) in [4.78, 5) is 0. The van der Waals surface area contributed by atoms with Crippen LogP contribution in [0, 0.1) is 6.92 Å². The Hall–Kier alpha value is -1.20. The van der Waals surface area contributed by atoms with Crippen molar-refractivity contribution in [2.24, 2.45) is 0 Å². The third-order valence-corrected chi connectivity index (χ3v) is 4.24. The molecule has 1 aliphatic heterocycles. The Morgan fingerprint density at radius 1 is 1.15 bits per heavy atom. The van der Waals surface area contributed by atoms with Gasteiger partial charge in [-0.25, -0.2) is 0 Å². The second-order valence-electron chi connectivity index (χ2n) is 4.62. The number of rotatable bonds is 3. The summed E-state index contributed by atoms with van der Waals surface area (Å²) in [5.41, 5.74) is 3.48. The first kappa shape index (κ1) is 13.8. The van der Waals surface area contributed by atoms with Gasteiger partial charge >= 0.3 is 0 Å². The molecule has 20 heavy (non-hydrogen) atoms. The lowest BCUT2D eigenvalue weighted by Gasteiger charge is -2.11. The van der Waals surface area contributed by atoms with E-state index in [-0.39, 0.29) is 6.79 Å². The molecule has 0 fully saturated rings. The first-order valence-electron chi connectivity index (χ1n) is 6.21. The third kappa shape index (κ3) is 2.79. The van der Waals surface area contributed by atoms with Gasteiger partial charge in [0.2, 0.25) is 6.79 Å². The molecule has 0 saturated carbocycles. The quantitative estimate of drug-likeness (QED) is 0.800. The van der Waals surface area contributed by atoms with Crippen molar-refractivity contribution in [3.8, 4) is 11.5 Å². The van der Waals surface area contributed by atoms with E-state index in [0.717, 1.165) is 38.2 Å². The summed E-state index contributed by atoms with van der Waals surface area (Å²) < 4.78 is 12.8. The highest BCUT2D eigenvalue weighted by atomic mass is 79.9. The van der Waals surface area contributed by atoms with Crippen LogP contribution in [0.2, 0.25) is 0 Å². The summed E-state index contributed by atoms with van der Waals surface area (Å²) in [5.74, 6) is 1.58. The fraction of sp³-hybridized carbons (Fsp3) is 0.200. The largest absolute Gasteiger partial charge is 0.454 e. The molecule has 0 radical (unpaired) electrons. The summed E-state index contributed by atoms with van der Waals surface area (Å²) in [6.07, 6.45) is 0. The van der Waals surface area contributed by atoms with E-state index in [0.29, 0.717) is 0 Å². The maximum Gasteiger partial charge on any atom is 0.231 e. The molecule has 0 saturated heterocycles. The van der Waals surface area contributed by atoms with E-state index in [1.807, 2.05) is 12.1 Å². The number of hydrogen-bond acceptors (Lipinski definition) is 3. The van der Waals surface area contributed by atoms with E-state index in [2.05, 4.69) is 62.3 Å². The van der Waals surface area contributed by atoms with Gasteiger partial charge in [-0.15, -0.1) is 0 Å². The molecular formula is C15H13Br2NO2. The fourth-order valence-electron chi connectivity index (χ4n) is 2.15. The molecular weight excluding hydrogens is 386 g/mol. The van der Waals surface area contributed by atoms with Crippen LogP contribution in [0.25, 0.3) is 0 Å². The monoisotopic (exact) mass is 397 g/mol. The lowest BCUT2D eigenvalue weighted by atomic mass is 10.1. The number of benzene rings is 2. The summed E-state index contributed by atoms with van der Waals surface area (Å²) in [6, 6.07) is 10.3. The summed E-state index contributed by atoms with van der Waals surface area (Å²) in [5, 5.41) is 3.44. The van der Waals surface area contributed by atoms with Crippen LogP contribution in [-0.4, -0.2) is 6.79 Å². The van der Waals surface area contributed by atoms with Crippen LogP contribution >= 0.6 is 31.9 Å². The Labute approximate surface area is 134 Å². The minimum Gasteiger partial charge on any atom is -0.454 e. The van der Waals surface area contributed by atoms with Crippen LogP contribution in [0.3, 0.4) is 0 Å². The zero-order valence-corrected chi connectivity index (χ0v) is 14.0. The number of ether oxygens (including phenoxy) is 2. The molecule has 2 aromatic carbocycles. The smallest absolute Gasteiger partial charge is 0.231 e. The number of anilines is 1. The average Bonchev–Trinajstić information content (AvgIpc) is 2.86. The van der Waals surface area contributed by atoms with E-state index in [1.165, 1.54) is 5.56 Å². The first-order valence-corrected chi connectivity index (χ1v) is 7.80. The predicted octanol–water partition coefficient (Wildman–Crippen LogP) is 4.86. The Morgan fingerprint density at radius 3 is 2.80 bits per heavy atom. The summed E-state index contributed by atoms with van der Waals surface area (Å²) >= 11 is 6.98. The number of hydrogen-bond donors (Lipinski definition) is 1. The maximum atomic E-state index is 5.43. The molecule has 0 unspecified atom stereocenters. The van der Waals surface area contributed by atoms with Gasteiger partial charge in [-0.05, 0) is 64.3 Å². The molecule has 5 heteroatoms. The van der Waals surface area contributed by atoms with Gasteiger partial charge in [0.15, 0.2) is 11.5 Å². The van der Waals surface area contributed by atoms with Crippen LogP contribution < -0.4 is 14.8 Å². The second-order valence-corrected chi connectivity index (χ2v) is 6.39. The standard InChI is InChI=1S/C15H13Br2NO2/c1-9-4-11(16)2-3-13(9)18-7-10-5-12(17)15-14(6-10)19-8-20-15/h2-6,18H,7-8H2,1H3. The van der Waals surface area contributed by atoms with E-state index in [9.17, 15) is 0 Å². The molecule has 0 bridgehead atoms. The Kier molecular flexibility index (Phi) is 3.89. The predicted molar refractivity (Wildman–Crippen MR) is 86.5 cm³/mol. The molecule has 0 atom stereocenters. The molecule has 0 aromatic heterocycles. The molecule has 0 aliphatic carbocycles. The van der Waals surface area contributed by atoms with Crippen LogP contribution in [0.4, 0.5) is 5.69 Å². The highest BCUT2D eigenvalue weighted by Crippen LogP contribution is 2.40. The number of aryl methyl sites for hydroxylation is 1. The Morgan fingerprint density at radius 2 is 2.00 bits per heavy atom. The van der Waals surface area contributed by atoms with Gasteiger partial charge in [0, 0.05) is 16.7 Å². The van der Waals surface area contributed by atoms with Crippen molar-refractivity contribution in [1.29, 1.82) is 0 Å². The minimum atomic E-state index is 0.288. The van der Waals surface area contributed by atoms with E-state index < -0.39 is 0 Å². The first-order chi connectivity index (χ1) is 9.63. The molecule has 3 nitrogen and oxygen atoms in total. The average molecular weight is 399 g/mol. The topological polar surface area (TPSA) is 30.5 Å². The minimum absolute atomic E-state index is 0.288. The molecule has 3 rings (SSSR count). The molecule has 0 spiro atoms. The van der Waals surface area contributed by atoms with Crippen molar-refractivity contribution in [2.75, 3.05) is 12.1 Å². The van der Waals surface area contributed by atoms with Gasteiger partial charge in [0.05, 0.1) is 4.47 Å². The van der Waals surface area contributed by atoms with Gasteiger partial charge in [-0.1, -0.05) is 15.9 Å². The normalized spacial score (nSPS) is 12.6. The van der Waals surface area contributed by atoms with Crippen LogP contribution in [0.5, 0.6) is 11.5 Å². The van der Waals surface area contributed by atoms with Gasteiger partial charge in [0.1, 0.15) is 0 Å². The van der Waals surface area contributed by atoms with Crippen molar-refractivity contribution in [3.63, 3.8) is 0 Å². The van der Waals surface area contributed by atoms with E-state index in [1.54, 1.807) is 0 Å². The van der Waals surface area contributed by atoms with Crippen LogP contribution in [-0.2, 0) is 6.54 Å². The van der Waals surface area contributed by atoms with Crippen molar-refractivity contribution in [2.45, 2.75) is 13.5 Å². The summed E-state index contributed by atoms with van der Waals surface area (Å²) in [6.45, 7) is 3.11. The second kappa shape index (κ2) is 5.66. The highest BCUT2D eigenvalue weighted by molar-refractivity contribution is 9.10. The van der Waals surface area contributed by atoms with Gasteiger partial charge < -0.3 is 14.8 Å². The van der Waals surface area contributed by atoms with Crippen LogP contribution in [0.1, 0.15) is 11.1 Å². The molecule has 104 valence electrons. The third-order valence-electron chi connectivity index (χ3n) is 3.16. The zero-order valence-electron chi connectivity index (χ0n) is 10.9. The lowest BCUT2D eigenvalue weighted by molar-refractivity contribution is 0.173. The molecule has 1 aliphatic rings. The van der Waals surface area contributed by atoms with E-state index in [4.69, 9.17) is 9.47 Å². The molecule has 2 aromatic rings.